The zero-order valence-electron chi connectivity index (χ0n) is 9.75. The average molecular weight is 323 g/mol. The molecule has 0 aromatic carbocycles. The first-order valence-electron chi connectivity index (χ1n) is 5.31. The van der Waals surface area contributed by atoms with Gasteiger partial charge < -0.3 is 10.5 Å². The number of hydrogen-bond acceptors (Lipinski definition) is 4. The molecule has 0 spiro atoms. The summed E-state index contributed by atoms with van der Waals surface area (Å²) in [4.78, 5) is 15.2. The predicted molar refractivity (Wildman–Crippen MR) is 65.1 cm³/mol. The molecule has 1 aromatic heterocycles. The van der Waals surface area contributed by atoms with Crippen molar-refractivity contribution in [3.05, 3.63) is 27.5 Å². The molecule has 18 heavy (non-hydrogen) atoms. The van der Waals surface area contributed by atoms with E-state index in [1.54, 1.807) is 6.92 Å². The van der Waals surface area contributed by atoms with E-state index in [0.29, 0.717) is 5.56 Å². The van der Waals surface area contributed by atoms with Gasteiger partial charge in [0.25, 0.3) is 6.43 Å². The highest BCUT2D eigenvalue weighted by Gasteiger charge is 2.22. The minimum Gasteiger partial charge on any atom is -0.466 e. The minimum atomic E-state index is -2.73. The van der Waals surface area contributed by atoms with Crippen LogP contribution in [0.25, 0.3) is 0 Å². The highest BCUT2D eigenvalue weighted by molar-refractivity contribution is 9.10. The van der Waals surface area contributed by atoms with Crippen LogP contribution in [0.3, 0.4) is 0 Å². The van der Waals surface area contributed by atoms with Crippen LogP contribution in [0.1, 0.15) is 30.2 Å². The van der Waals surface area contributed by atoms with Gasteiger partial charge in [-0.15, -0.1) is 0 Å². The molecule has 0 unspecified atom stereocenters. The van der Waals surface area contributed by atoms with Crippen molar-refractivity contribution in [2.75, 3.05) is 6.61 Å². The van der Waals surface area contributed by atoms with Crippen molar-refractivity contribution in [3.63, 3.8) is 0 Å². The number of nitrogens with two attached hydrogens (primary N) is 1. The molecular formula is C11H13BrF2N2O2. The first kappa shape index (κ1) is 15.0. The van der Waals surface area contributed by atoms with Gasteiger partial charge in [-0.2, -0.15) is 0 Å². The Morgan fingerprint density at radius 3 is 2.78 bits per heavy atom. The summed E-state index contributed by atoms with van der Waals surface area (Å²) < 4.78 is 30.9. The van der Waals surface area contributed by atoms with Gasteiger partial charge in [0.1, 0.15) is 0 Å². The van der Waals surface area contributed by atoms with Gasteiger partial charge in [0.05, 0.1) is 24.3 Å². The largest absolute Gasteiger partial charge is 0.466 e. The van der Waals surface area contributed by atoms with Gasteiger partial charge in [-0.1, -0.05) is 0 Å². The van der Waals surface area contributed by atoms with E-state index in [1.165, 1.54) is 6.20 Å². The van der Waals surface area contributed by atoms with E-state index in [0.717, 1.165) is 0 Å². The van der Waals surface area contributed by atoms with Crippen molar-refractivity contribution in [2.24, 2.45) is 5.73 Å². The fourth-order valence-corrected chi connectivity index (χ4v) is 2.10. The Kier molecular flexibility index (Phi) is 5.61. The van der Waals surface area contributed by atoms with Crippen LogP contribution in [0.2, 0.25) is 0 Å². The summed E-state index contributed by atoms with van der Waals surface area (Å²) in [6.07, 6.45) is -1.63. The first-order chi connectivity index (χ1) is 8.51. The Balaban J connectivity index is 3.11. The zero-order chi connectivity index (χ0) is 13.7. The highest BCUT2D eigenvalue weighted by atomic mass is 79.9. The van der Waals surface area contributed by atoms with Crippen LogP contribution < -0.4 is 5.73 Å². The van der Waals surface area contributed by atoms with E-state index in [9.17, 15) is 13.6 Å². The van der Waals surface area contributed by atoms with Crippen LogP contribution in [-0.4, -0.2) is 17.6 Å². The molecule has 0 aliphatic carbocycles. The highest BCUT2D eigenvalue weighted by Crippen LogP contribution is 2.32. The third kappa shape index (κ3) is 3.46. The summed E-state index contributed by atoms with van der Waals surface area (Å²) in [5, 5.41) is 0. The topological polar surface area (TPSA) is 65.2 Å². The molecule has 2 N–H and O–H groups in total. The predicted octanol–water partition coefficient (Wildman–Crippen LogP) is 2.35. The van der Waals surface area contributed by atoms with Crippen LogP contribution in [-0.2, 0) is 22.5 Å². The van der Waals surface area contributed by atoms with Gasteiger partial charge in [0, 0.05) is 17.2 Å². The third-order valence-corrected chi connectivity index (χ3v) is 3.20. The number of esters is 1. The molecule has 0 saturated heterocycles. The number of halogens is 3. The molecule has 0 amide bonds. The molecule has 4 nitrogen and oxygen atoms in total. The lowest BCUT2D eigenvalue weighted by molar-refractivity contribution is -0.142. The fraction of sp³-hybridized carbons (Fsp3) is 0.455. The van der Waals surface area contributed by atoms with E-state index in [2.05, 4.69) is 20.9 Å². The van der Waals surface area contributed by atoms with Crippen LogP contribution in [0, 0.1) is 0 Å². The summed E-state index contributed by atoms with van der Waals surface area (Å²) in [6.45, 7) is 1.94. The van der Waals surface area contributed by atoms with Crippen molar-refractivity contribution in [1.82, 2.24) is 4.98 Å². The molecule has 0 bridgehead atoms. The number of pyridine rings is 1. The summed E-state index contributed by atoms with van der Waals surface area (Å²) in [7, 11) is 0. The summed E-state index contributed by atoms with van der Waals surface area (Å²) in [5.41, 5.74) is 5.59. The maximum Gasteiger partial charge on any atom is 0.311 e. The van der Waals surface area contributed by atoms with E-state index in [4.69, 9.17) is 10.5 Å². The minimum absolute atomic E-state index is 0.00697. The van der Waals surface area contributed by atoms with Gasteiger partial charge in [0.2, 0.25) is 0 Å². The van der Waals surface area contributed by atoms with Gasteiger partial charge in [0.15, 0.2) is 0 Å². The summed E-state index contributed by atoms with van der Waals surface area (Å²) in [6, 6.07) is 0. The Bertz CT molecular complexity index is 441. The number of ether oxygens (including phenoxy) is 1. The lowest BCUT2D eigenvalue weighted by Gasteiger charge is -2.12. The average Bonchev–Trinajstić information content (AvgIpc) is 2.29. The number of nitrogens with zero attached hydrogens (tertiary/aromatic N) is 1. The quantitative estimate of drug-likeness (QED) is 0.845. The Labute approximate surface area is 112 Å². The number of hydrogen-bond donors (Lipinski definition) is 1. The molecule has 7 heteroatoms. The molecule has 1 heterocycles. The Morgan fingerprint density at radius 1 is 1.61 bits per heavy atom. The van der Waals surface area contributed by atoms with Crippen molar-refractivity contribution in [1.29, 1.82) is 0 Å². The van der Waals surface area contributed by atoms with Gasteiger partial charge >= 0.3 is 5.97 Å². The van der Waals surface area contributed by atoms with Crippen molar-refractivity contribution in [3.8, 4) is 0 Å². The second kappa shape index (κ2) is 6.75. The van der Waals surface area contributed by atoms with E-state index in [-0.39, 0.29) is 35.3 Å². The standard InChI is InChI=1S/C11H13BrF2N2O2/c1-2-18-8(17)3-7-9(11(13)14)10(12)6(4-15)5-16-7/h5,11H,2-4,15H2,1H3. The lowest BCUT2D eigenvalue weighted by Crippen LogP contribution is -2.13. The second-order valence-corrected chi connectivity index (χ2v) is 4.24. The molecule has 0 atom stereocenters. The summed E-state index contributed by atoms with van der Waals surface area (Å²) >= 11 is 3.07. The fourth-order valence-electron chi connectivity index (χ4n) is 1.44. The molecule has 0 fully saturated rings. The summed E-state index contributed by atoms with van der Waals surface area (Å²) in [5.74, 6) is -0.584. The van der Waals surface area contributed by atoms with Crippen LogP contribution >= 0.6 is 15.9 Å². The molecular weight excluding hydrogens is 310 g/mol. The molecule has 0 radical (unpaired) electrons. The molecule has 1 aromatic rings. The van der Waals surface area contributed by atoms with E-state index >= 15 is 0 Å². The lowest BCUT2D eigenvalue weighted by atomic mass is 10.1. The molecule has 0 aliphatic rings. The van der Waals surface area contributed by atoms with Gasteiger partial charge in [-0.3, -0.25) is 9.78 Å². The molecule has 0 saturated carbocycles. The van der Waals surface area contributed by atoms with Crippen molar-refractivity contribution < 1.29 is 18.3 Å². The maximum absolute atomic E-state index is 13.0. The maximum atomic E-state index is 13.0. The molecule has 100 valence electrons. The normalized spacial score (nSPS) is 10.8. The third-order valence-electron chi connectivity index (χ3n) is 2.26. The number of alkyl halides is 2. The monoisotopic (exact) mass is 322 g/mol. The molecule has 0 aliphatic heterocycles. The van der Waals surface area contributed by atoms with Crippen LogP contribution in [0.5, 0.6) is 0 Å². The van der Waals surface area contributed by atoms with Crippen LogP contribution in [0.15, 0.2) is 10.7 Å². The number of rotatable bonds is 5. The SMILES string of the molecule is CCOC(=O)Cc1ncc(CN)c(Br)c1C(F)F. The van der Waals surface area contributed by atoms with Crippen LogP contribution in [0.4, 0.5) is 8.78 Å². The van der Waals surface area contributed by atoms with Gasteiger partial charge in [-0.05, 0) is 28.4 Å². The number of aromatic nitrogens is 1. The Hall–Kier alpha value is -1.08. The number of carbonyl (C=O) groups excluding carboxylic acids is 1. The van der Waals surface area contributed by atoms with Gasteiger partial charge in [-0.25, -0.2) is 8.78 Å². The second-order valence-electron chi connectivity index (χ2n) is 3.44. The molecule has 1 rings (SSSR count). The smallest absolute Gasteiger partial charge is 0.311 e. The number of carbonyl (C=O) groups is 1. The zero-order valence-corrected chi connectivity index (χ0v) is 11.3. The van der Waals surface area contributed by atoms with E-state index < -0.39 is 12.4 Å². The first-order valence-corrected chi connectivity index (χ1v) is 6.10. The van der Waals surface area contributed by atoms with E-state index in [1.807, 2.05) is 0 Å². The van der Waals surface area contributed by atoms with Crippen molar-refractivity contribution in [2.45, 2.75) is 26.3 Å². The Morgan fingerprint density at radius 2 is 2.28 bits per heavy atom. The van der Waals surface area contributed by atoms with Crippen molar-refractivity contribution >= 4 is 21.9 Å².